The van der Waals surface area contributed by atoms with Crippen molar-refractivity contribution in [3.05, 3.63) is 23.2 Å². The second-order valence-electron chi connectivity index (χ2n) is 9.73. The Balaban J connectivity index is 1.18. The first kappa shape index (κ1) is 23.3. The predicted octanol–water partition coefficient (Wildman–Crippen LogP) is 2.85. The number of aromatic nitrogens is 4. The lowest BCUT2D eigenvalue weighted by atomic mass is 9.99. The van der Waals surface area contributed by atoms with Crippen LogP contribution in [0.1, 0.15) is 31.4 Å². The maximum Gasteiger partial charge on any atom is 0.228 e. The first-order valence-electron chi connectivity index (χ1n) is 12.3. The van der Waals surface area contributed by atoms with Gasteiger partial charge >= 0.3 is 0 Å². The van der Waals surface area contributed by atoms with Gasteiger partial charge in [0, 0.05) is 50.0 Å². The number of morpholine rings is 1. The molecular weight excluding hydrogens is 484 g/mol. The summed E-state index contributed by atoms with van der Waals surface area (Å²) < 4.78 is 21.1. The highest BCUT2D eigenvalue weighted by molar-refractivity contribution is 7.82. The third-order valence-electron chi connectivity index (χ3n) is 7.40. The van der Waals surface area contributed by atoms with Crippen molar-refractivity contribution in [2.45, 2.75) is 50.7 Å². The van der Waals surface area contributed by atoms with Gasteiger partial charge in [0.2, 0.25) is 5.95 Å². The summed E-state index contributed by atoms with van der Waals surface area (Å²) in [5.41, 5.74) is 0.994. The van der Waals surface area contributed by atoms with E-state index in [0.717, 1.165) is 85.5 Å². The molecule has 3 aromatic rings. The number of rotatable bonds is 7. The maximum atomic E-state index is 13.3. The molecule has 6 rings (SSSR count). The van der Waals surface area contributed by atoms with Gasteiger partial charge in [0.25, 0.3) is 0 Å². The molecule has 6 heterocycles. The van der Waals surface area contributed by atoms with E-state index in [0.29, 0.717) is 24.0 Å². The number of thiophene rings is 1. The van der Waals surface area contributed by atoms with Crippen LogP contribution in [0.5, 0.6) is 0 Å². The summed E-state index contributed by atoms with van der Waals surface area (Å²) in [5.74, 6) is 2.87. The third-order valence-corrected chi connectivity index (χ3v) is 9.86. The van der Waals surface area contributed by atoms with E-state index < -0.39 is 11.0 Å². The normalized spacial score (nSPS) is 26.3. The highest BCUT2D eigenvalue weighted by atomic mass is 32.2. The standard InChI is InChI=1S/C23H32N8O2S2/c1-15-11-20(28-27-15)24-21-19-5-10-34-22(19)26-23(25-21)29(2)18-12-16-3-4-17(13-18)31(16)35(32)14-30-6-8-33-9-7-30/h5,10-11,16-18H,3-4,6-9,12-14H2,1-2H3,(H2,24,25,26,27,28)/t16-,17+,18?,35?. The van der Waals surface area contributed by atoms with E-state index in [1.807, 2.05) is 24.4 Å². The molecule has 35 heavy (non-hydrogen) atoms. The second kappa shape index (κ2) is 9.74. The van der Waals surface area contributed by atoms with E-state index in [4.69, 9.17) is 14.7 Å². The van der Waals surface area contributed by atoms with Gasteiger partial charge in [-0.25, -0.2) is 13.5 Å². The number of anilines is 3. The number of hydrogen-bond donors (Lipinski definition) is 2. The van der Waals surface area contributed by atoms with Gasteiger partial charge in [-0.3, -0.25) is 10.00 Å². The molecular formula is C23H32N8O2S2. The Labute approximate surface area is 211 Å². The molecule has 3 aliphatic rings. The van der Waals surface area contributed by atoms with Crippen LogP contribution in [0.15, 0.2) is 17.5 Å². The van der Waals surface area contributed by atoms with Crippen molar-refractivity contribution in [3.63, 3.8) is 0 Å². The molecule has 3 aromatic heterocycles. The van der Waals surface area contributed by atoms with Crippen LogP contribution < -0.4 is 10.2 Å². The van der Waals surface area contributed by atoms with E-state index in [-0.39, 0.29) is 0 Å². The Morgan fingerprint density at radius 1 is 1.26 bits per heavy atom. The summed E-state index contributed by atoms with van der Waals surface area (Å²) in [4.78, 5) is 15.3. The van der Waals surface area contributed by atoms with E-state index >= 15 is 0 Å². The smallest absolute Gasteiger partial charge is 0.228 e. The van der Waals surface area contributed by atoms with Gasteiger partial charge in [-0.05, 0) is 44.1 Å². The van der Waals surface area contributed by atoms with Crippen molar-refractivity contribution >= 4 is 50.1 Å². The lowest BCUT2D eigenvalue weighted by molar-refractivity contribution is 0.0461. The number of H-pyrrole nitrogens is 1. The van der Waals surface area contributed by atoms with E-state index in [1.165, 1.54) is 0 Å². The minimum absolute atomic E-state index is 0.321. The van der Waals surface area contributed by atoms with Crippen LogP contribution in [-0.4, -0.2) is 90.9 Å². The average Bonchev–Trinajstić information content (AvgIpc) is 3.56. The van der Waals surface area contributed by atoms with Crippen molar-refractivity contribution in [1.29, 1.82) is 0 Å². The molecule has 188 valence electrons. The summed E-state index contributed by atoms with van der Waals surface area (Å²) in [6, 6.07) is 5.03. The molecule has 12 heteroatoms. The van der Waals surface area contributed by atoms with E-state index in [9.17, 15) is 4.21 Å². The lowest BCUT2D eigenvalue weighted by Crippen LogP contribution is -2.52. The summed E-state index contributed by atoms with van der Waals surface area (Å²) in [7, 11) is 1.12. The number of aromatic amines is 1. The van der Waals surface area contributed by atoms with Gasteiger partial charge in [-0.1, -0.05) is 0 Å². The van der Waals surface area contributed by atoms with Crippen LogP contribution in [0.25, 0.3) is 10.2 Å². The quantitative estimate of drug-likeness (QED) is 0.494. The monoisotopic (exact) mass is 516 g/mol. The van der Waals surface area contributed by atoms with Crippen molar-refractivity contribution in [2.24, 2.45) is 0 Å². The topological polar surface area (TPSA) is 103 Å². The van der Waals surface area contributed by atoms with Crippen LogP contribution in [0, 0.1) is 6.92 Å². The lowest BCUT2D eigenvalue weighted by Gasteiger charge is -2.42. The first-order valence-corrected chi connectivity index (χ1v) is 14.4. The minimum Gasteiger partial charge on any atom is -0.379 e. The Morgan fingerprint density at radius 2 is 2.03 bits per heavy atom. The number of piperidine rings is 1. The first-order chi connectivity index (χ1) is 17.0. The zero-order chi connectivity index (χ0) is 23.9. The number of hydrogen-bond acceptors (Lipinski definition) is 9. The number of nitrogens with one attached hydrogen (secondary N) is 2. The zero-order valence-corrected chi connectivity index (χ0v) is 21.8. The Bertz CT molecular complexity index is 1200. The van der Waals surface area contributed by atoms with Gasteiger partial charge in [0.05, 0.1) is 24.5 Å². The van der Waals surface area contributed by atoms with Crippen LogP contribution in [0.2, 0.25) is 0 Å². The molecule has 0 radical (unpaired) electrons. The SMILES string of the molecule is Cc1cc(Nc2nc(N(C)C3C[C@H]4CC[C@@H](C3)N4S(=O)CN3CCOCC3)nc3sccc23)n[nH]1. The van der Waals surface area contributed by atoms with Crippen molar-refractivity contribution in [2.75, 3.05) is 49.4 Å². The van der Waals surface area contributed by atoms with Crippen molar-refractivity contribution < 1.29 is 8.95 Å². The predicted molar refractivity (Wildman–Crippen MR) is 139 cm³/mol. The van der Waals surface area contributed by atoms with Crippen LogP contribution >= 0.6 is 11.3 Å². The molecule has 0 saturated carbocycles. The molecule has 0 spiro atoms. The summed E-state index contributed by atoms with van der Waals surface area (Å²) in [5, 5.41) is 13.7. The second-order valence-corrected chi connectivity index (χ2v) is 12.0. The molecule has 2 N–H and O–H groups in total. The number of aryl methyl sites for hydroxylation is 1. The highest BCUT2D eigenvalue weighted by Crippen LogP contribution is 2.40. The molecule has 2 bridgehead atoms. The fraction of sp³-hybridized carbons (Fsp3) is 0.609. The molecule has 0 aliphatic carbocycles. The van der Waals surface area contributed by atoms with Gasteiger partial charge < -0.3 is 15.0 Å². The fourth-order valence-electron chi connectivity index (χ4n) is 5.57. The van der Waals surface area contributed by atoms with E-state index in [1.54, 1.807) is 11.3 Å². The zero-order valence-electron chi connectivity index (χ0n) is 20.1. The number of fused-ring (bicyclic) bond motifs is 3. The molecule has 3 fully saturated rings. The Morgan fingerprint density at radius 3 is 2.74 bits per heavy atom. The fourth-order valence-corrected chi connectivity index (χ4v) is 8.08. The van der Waals surface area contributed by atoms with Gasteiger partial charge in [-0.2, -0.15) is 10.1 Å². The van der Waals surface area contributed by atoms with Crippen molar-refractivity contribution in [3.8, 4) is 0 Å². The summed E-state index contributed by atoms with van der Waals surface area (Å²) in [6.45, 7) is 5.20. The van der Waals surface area contributed by atoms with E-state index in [2.05, 4.69) is 36.7 Å². The molecule has 0 aromatic carbocycles. The molecule has 4 atom stereocenters. The third kappa shape index (κ3) is 4.69. The van der Waals surface area contributed by atoms with Crippen LogP contribution in [0.3, 0.4) is 0 Å². The Kier molecular flexibility index (Phi) is 6.48. The van der Waals surface area contributed by atoms with Crippen molar-refractivity contribution in [1.82, 2.24) is 29.4 Å². The number of ether oxygens (including phenoxy) is 1. The Hall–Kier alpha value is -2.12. The average molecular weight is 517 g/mol. The van der Waals surface area contributed by atoms with Gasteiger partial charge in [-0.15, -0.1) is 11.3 Å². The van der Waals surface area contributed by atoms with Gasteiger partial charge in [0.15, 0.2) is 5.82 Å². The molecule has 0 amide bonds. The number of nitrogens with zero attached hydrogens (tertiary/aromatic N) is 6. The molecule has 2 unspecified atom stereocenters. The van der Waals surface area contributed by atoms with Crippen LogP contribution in [-0.2, 0) is 15.7 Å². The largest absolute Gasteiger partial charge is 0.379 e. The summed E-state index contributed by atoms with van der Waals surface area (Å²) in [6.07, 6.45) is 4.18. The molecule has 3 aliphatic heterocycles. The van der Waals surface area contributed by atoms with Crippen LogP contribution in [0.4, 0.5) is 17.6 Å². The molecule has 3 saturated heterocycles. The maximum absolute atomic E-state index is 13.3. The van der Waals surface area contributed by atoms with Gasteiger partial charge in [0.1, 0.15) is 21.6 Å². The minimum atomic E-state index is -0.976. The molecule has 10 nitrogen and oxygen atoms in total. The summed E-state index contributed by atoms with van der Waals surface area (Å²) >= 11 is 1.62. The highest BCUT2D eigenvalue weighted by Gasteiger charge is 2.45.